The first-order valence-electron chi connectivity index (χ1n) is 11.6. The highest BCUT2D eigenvalue weighted by molar-refractivity contribution is 8.00. The van der Waals surface area contributed by atoms with Gasteiger partial charge in [-0.3, -0.25) is 4.79 Å². The van der Waals surface area contributed by atoms with Crippen LogP contribution < -0.4 is 18.9 Å². The van der Waals surface area contributed by atoms with Crippen molar-refractivity contribution in [2.24, 2.45) is 0 Å². The number of carbonyl (C=O) groups is 1. The Balaban J connectivity index is 1.80. The van der Waals surface area contributed by atoms with Crippen LogP contribution in [0.25, 0.3) is 22.4 Å². The Morgan fingerprint density at radius 3 is 1.97 bits per heavy atom. The van der Waals surface area contributed by atoms with Crippen LogP contribution in [0.3, 0.4) is 0 Å². The van der Waals surface area contributed by atoms with Gasteiger partial charge in [0.05, 0.1) is 45.4 Å². The molecule has 3 aromatic carbocycles. The second-order valence-corrected chi connectivity index (χ2v) is 9.05. The third-order valence-corrected chi connectivity index (χ3v) is 6.91. The molecule has 0 unspecified atom stereocenters. The van der Waals surface area contributed by atoms with Crippen LogP contribution in [0.4, 0.5) is 0 Å². The molecule has 0 fully saturated rings. The number of aromatic nitrogens is 1. The monoisotopic (exact) mass is 526 g/mol. The molecule has 0 saturated heterocycles. The number of hydrogen-bond donors (Lipinski definition) is 0. The Hall–Kier alpha value is -4.48. The summed E-state index contributed by atoms with van der Waals surface area (Å²) in [5, 5.41) is 10.6. The number of nitrogens with zero attached hydrogens (tertiary/aromatic N) is 2. The third-order valence-electron chi connectivity index (χ3n) is 5.93. The van der Waals surface area contributed by atoms with Crippen LogP contribution >= 0.6 is 11.8 Å². The van der Waals surface area contributed by atoms with E-state index in [2.05, 4.69) is 6.07 Å². The lowest BCUT2D eigenvalue weighted by atomic mass is 9.98. The Kier molecular flexibility index (Phi) is 8.51. The number of thioether (sulfide) groups is 1. The summed E-state index contributed by atoms with van der Waals surface area (Å²) in [7, 11) is 6.35. The number of ether oxygens (including phenoxy) is 4. The van der Waals surface area contributed by atoms with Crippen molar-refractivity contribution in [1.29, 1.82) is 5.26 Å². The predicted molar refractivity (Wildman–Crippen MR) is 148 cm³/mol. The number of pyridine rings is 1. The highest BCUT2D eigenvalue weighted by atomic mass is 32.2. The van der Waals surface area contributed by atoms with E-state index < -0.39 is 0 Å². The van der Waals surface area contributed by atoms with Gasteiger partial charge in [0.25, 0.3) is 0 Å². The molecule has 4 rings (SSSR count). The zero-order valence-corrected chi connectivity index (χ0v) is 22.3. The van der Waals surface area contributed by atoms with Crippen molar-refractivity contribution in [3.63, 3.8) is 0 Å². The fourth-order valence-electron chi connectivity index (χ4n) is 3.88. The quantitative estimate of drug-likeness (QED) is 0.176. The normalized spacial score (nSPS) is 10.4. The van der Waals surface area contributed by atoms with Gasteiger partial charge in [-0.1, -0.05) is 23.9 Å². The molecule has 0 aliphatic rings. The lowest BCUT2D eigenvalue weighted by Crippen LogP contribution is -2.04. The summed E-state index contributed by atoms with van der Waals surface area (Å²) >= 11 is 1.22. The molecule has 38 heavy (non-hydrogen) atoms. The largest absolute Gasteiger partial charge is 0.497 e. The molecule has 8 heteroatoms. The first-order valence-corrected chi connectivity index (χ1v) is 12.6. The number of rotatable bonds is 10. The molecule has 192 valence electrons. The smallest absolute Gasteiger partial charge is 0.173 e. The Morgan fingerprint density at radius 1 is 0.789 bits per heavy atom. The van der Waals surface area contributed by atoms with E-state index in [4.69, 9.17) is 23.9 Å². The van der Waals surface area contributed by atoms with Crippen molar-refractivity contribution in [2.45, 2.75) is 5.03 Å². The number of benzene rings is 3. The van der Waals surface area contributed by atoms with Gasteiger partial charge in [-0.05, 0) is 66.2 Å². The number of Topliss-reactive ketones (excluding diaryl/α,β-unsaturated/α-hetero) is 1. The fourth-order valence-corrected chi connectivity index (χ4v) is 4.78. The minimum atomic E-state index is -0.0845. The summed E-state index contributed by atoms with van der Waals surface area (Å²) < 4.78 is 21.5. The molecule has 0 atom stereocenters. The van der Waals surface area contributed by atoms with Crippen LogP contribution in [-0.2, 0) is 0 Å². The van der Waals surface area contributed by atoms with Crippen molar-refractivity contribution in [1.82, 2.24) is 4.98 Å². The summed E-state index contributed by atoms with van der Waals surface area (Å²) in [6, 6.07) is 24.0. The molecule has 1 aromatic heterocycles. The molecule has 0 spiro atoms. The SMILES string of the molecule is COc1ccc(C(=O)CSc2nc(-c3cc(OC)ccc3OC)cc(-c3ccc(OC)cc3)c2C#N)cc1. The van der Waals surface area contributed by atoms with Gasteiger partial charge in [-0.2, -0.15) is 5.26 Å². The fraction of sp³-hybridized carbons (Fsp3) is 0.167. The van der Waals surface area contributed by atoms with E-state index in [1.807, 2.05) is 36.4 Å². The van der Waals surface area contributed by atoms with Gasteiger partial charge in [0.2, 0.25) is 0 Å². The molecular weight excluding hydrogens is 500 g/mol. The average molecular weight is 527 g/mol. The van der Waals surface area contributed by atoms with E-state index in [9.17, 15) is 10.1 Å². The molecule has 0 bridgehead atoms. The highest BCUT2D eigenvalue weighted by Gasteiger charge is 2.20. The van der Waals surface area contributed by atoms with Crippen LogP contribution in [-0.4, -0.2) is 45.0 Å². The van der Waals surface area contributed by atoms with Crippen LogP contribution in [0.15, 0.2) is 77.8 Å². The molecule has 4 aromatic rings. The van der Waals surface area contributed by atoms with Crippen LogP contribution in [0.2, 0.25) is 0 Å². The molecule has 7 nitrogen and oxygen atoms in total. The molecule has 0 N–H and O–H groups in total. The number of ketones is 1. The Bertz CT molecular complexity index is 1480. The highest BCUT2D eigenvalue weighted by Crippen LogP contribution is 2.39. The van der Waals surface area contributed by atoms with E-state index in [-0.39, 0.29) is 11.5 Å². The van der Waals surface area contributed by atoms with E-state index in [1.54, 1.807) is 64.8 Å². The van der Waals surface area contributed by atoms with Crippen molar-refractivity contribution >= 4 is 17.5 Å². The minimum absolute atomic E-state index is 0.0845. The van der Waals surface area contributed by atoms with Gasteiger partial charge >= 0.3 is 0 Å². The van der Waals surface area contributed by atoms with Crippen molar-refractivity contribution in [2.75, 3.05) is 34.2 Å². The molecule has 1 heterocycles. The lowest BCUT2D eigenvalue weighted by Gasteiger charge is -2.15. The predicted octanol–water partition coefficient (Wildman–Crippen LogP) is 6.30. The van der Waals surface area contributed by atoms with Crippen LogP contribution in [0.1, 0.15) is 15.9 Å². The first kappa shape index (κ1) is 26.6. The third kappa shape index (κ3) is 5.74. The molecule has 0 aliphatic carbocycles. The number of methoxy groups -OCH3 is 4. The summed E-state index contributed by atoms with van der Waals surface area (Å²) in [6.45, 7) is 0. The van der Waals surface area contributed by atoms with Gasteiger partial charge in [-0.15, -0.1) is 0 Å². The van der Waals surface area contributed by atoms with Crippen LogP contribution in [0, 0.1) is 11.3 Å². The number of hydrogen-bond acceptors (Lipinski definition) is 8. The minimum Gasteiger partial charge on any atom is -0.497 e. The van der Waals surface area contributed by atoms with Crippen molar-refractivity contribution in [3.05, 3.63) is 83.9 Å². The average Bonchev–Trinajstić information content (AvgIpc) is 2.99. The van der Waals surface area contributed by atoms with E-state index in [0.717, 1.165) is 5.56 Å². The maximum atomic E-state index is 13.0. The summed E-state index contributed by atoms with van der Waals surface area (Å²) in [5.74, 6) is 2.64. The van der Waals surface area contributed by atoms with Gasteiger partial charge in [0.1, 0.15) is 34.1 Å². The molecule has 0 saturated carbocycles. The van der Waals surface area contributed by atoms with Gasteiger partial charge in [0, 0.05) is 16.7 Å². The van der Waals surface area contributed by atoms with Gasteiger partial charge in [0.15, 0.2) is 5.78 Å². The van der Waals surface area contributed by atoms with Crippen molar-refractivity contribution < 1.29 is 23.7 Å². The molecule has 0 aliphatic heterocycles. The van der Waals surface area contributed by atoms with E-state index >= 15 is 0 Å². The summed E-state index contributed by atoms with van der Waals surface area (Å²) in [5.41, 5.74) is 3.73. The molecular formula is C30H26N2O5S. The summed E-state index contributed by atoms with van der Waals surface area (Å²) in [4.78, 5) is 17.8. The second kappa shape index (κ2) is 12.2. The van der Waals surface area contributed by atoms with E-state index in [1.165, 1.54) is 11.8 Å². The topological polar surface area (TPSA) is 90.7 Å². The zero-order valence-electron chi connectivity index (χ0n) is 21.5. The summed E-state index contributed by atoms with van der Waals surface area (Å²) in [6.07, 6.45) is 0. The van der Waals surface area contributed by atoms with Gasteiger partial charge < -0.3 is 18.9 Å². The maximum Gasteiger partial charge on any atom is 0.173 e. The number of carbonyl (C=O) groups excluding carboxylic acids is 1. The number of nitriles is 1. The van der Waals surface area contributed by atoms with Crippen LogP contribution in [0.5, 0.6) is 23.0 Å². The van der Waals surface area contributed by atoms with Gasteiger partial charge in [-0.25, -0.2) is 4.98 Å². The first-order chi connectivity index (χ1) is 18.5. The van der Waals surface area contributed by atoms with Crippen molar-refractivity contribution in [3.8, 4) is 51.5 Å². The molecule has 0 radical (unpaired) electrons. The lowest BCUT2D eigenvalue weighted by molar-refractivity contribution is 0.102. The Labute approximate surface area is 226 Å². The zero-order chi connectivity index (χ0) is 27.1. The van der Waals surface area contributed by atoms with E-state index in [0.29, 0.717) is 56.0 Å². The maximum absolute atomic E-state index is 13.0. The standard InChI is InChI=1S/C30H26N2O5S/c1-34-21-9-5-19(6-10-21)24-16-27(25-15-23(36-3)13-14-29(25)37-4)32-30(26(24)17-31)38-18-28(33)20-7-11-22(35-2)12-8-20/h5-16H,18H2,1-4H3. The second-order valence-electron chi connectivity index (χ2n) is 8.08. The Morgan fingerprint density at radius 2 is 1.39 bits per heavy atom. The molecule has 0 amide bonds.